The van der Waals surface area contributed by atoms with Gasteiger partial charge in [-0.25, -0.2) is 4.98 Å². The van der Waals surface area contributed by atoms with Crippen LogP contribution >= 0.6 is 12.4 Å². The molecular weight excluding hydrogens is 300 g/mol. The summed E-state index contributed by atoms with van der Waals surface area (Å²) in [7, 11) is 0. The predicted molar refractivity (Wildman–Crippen MR) is 90.9 cm³/mol. The number of rotatable bonds is 2. The van der Waals surface area contributed by atoms with E-state index in [1.165, 1.54) is 25.7 Å². The summed E-state index contributed by atoms with van der Waals surface area (Å²) in [4.78, 5) is 21.2. The summed E-state index contributed by atoms with van der Waals surface area (Å²) >= 11 is 0. The van der Waals surface area contributed by atoms with Crippen LogP contribution in [0.25, 0.3) is 0 Å². The van der Waals surface area contributed by atoms with Gasteiger partial charge in [-0.15, -0.1) is 12.4 Å². The van der Waals surface area contributed by atoms with Crippen LogP contribution in [0.3, 0.4) is 0 Å². The monoisotopic (exact) mass is 324 g/mol. The molecule has 22 heavy (non-hydrogen) atoms. The molecule has 0 aromatic carbocycles. The van der Waals surface area contributed by atoms with Crippen molar-refractivity contribution >= 4 is 24.1 Å². The molecule has 2 aliphatic heterocycles. The van der Waals surface area contributed by atoms with Crippen LogP contribution in [0.15, 0.2) is 18.3 Å². The van der Waals surface area contributed by atoms with Gasteiger partial charge in [0.15, 0.2) is 0 Å². The zero-order chi connectivity index (χ0) is 14.5. The van der Waals surface area contributed by atoms with E-state index in [1.54, 1.807) is 6.20 Å². The second-order valence-corrected chi connectivity index (χ2v) is 5.85. The van der Waals surface area contributed by atoms with E-state index in [1.807, 2.05) is 17.0 Å². The number of hydrogen-bond acceptors (Lipinski definition) is 4. The predicted octanol–water partition coefficient (Wildman–Crippen LogP) is 1.93. The van der Waals surface area contributed by atoms with Crippen molar-refractivity contribution in [3.63, 3.8) is 0 Å². The number of amides is 1. The molecule has 3 heterocycles. The van der Waals surface area contributed by atoms with Gasteiger partial charge in [0.05, 0.1) is 5.56 Å². The normalized spacial score (nSPS) is 19.3. The van der Waals surface area contributed by atoms with Gasteiger partial charge in [0.25, 0.3) is 5.91 Å². The SMILES string of the molecule is Cl.O=C(c1ccc(N2CCCCCC2)nc1)N1CCNCC1. The van der Waals surface area contributed by atoms with E-state index >= 15 is 0 Å². The number of piperazine rings is 1. The van der Waals surface area contributed by atoms with Gasteiger partial charge in [-0.05, 0) is 25.0 Å². The van der Waals surface area contributed by atoms with E-state index in [0.29, 0.717) is 5.56 Å². The van der Waals surface area contributed by atoms with Crippen LogP contribution in [0.1, 0.15) is 36.0 Å². The Hall–Kier alpha value is -1.33. The van der Waals surface area contributed by atoms with Gasteiger partial charge in [-0.3, -0.25) is 4.79 Å². The highest BCUT2D eigenvalue weighted by atomic mass is 35.5. The molecule has 2 aliphatic rings. The maximum Gasteiger partial charge on any atom is 0.255 e. The molecule has 1 aromatic rings. The Morgan fingerprint density at radius 1 is 1.00 bits per heavy atom. The van der Waals surface area contributed by atoms with Gasteiger partial charge in [-0.2, -0.15) is 0 Å². The smallest absolute Gasteiger partial charge is 0.255 e. The van der Waals surface area contributed by atoms with E-state index in [4.69, 9.17) is 0 Å². The van der Waals surface area contributed by atoms with Crippen molar-refractivity contribution in [2.45, 2.75) is 25.7 Å². The molecule has 0 saturated carbocycles. The van der Waals surface area contributed by atoms with Crippen molar-refractivity contribution in [2.75, 3.05) is 44.2 Å². The lowest BCUT2D eigenvalue weighted by atomic mass is 10.2. The van der Waals surface area contributed by atoms with Crippen LogP contribution in [0.5, 0.6) is 0 Å². The summed E-state index contributed by atoms with van der Waals surface area (Å²) in [5.74, 6) is 1.11. The number of carbonyl (C=O) groups excluding carboxylic acids is 1. The maximum atomic E-state index is 12.4. The highest BCUT2D eigenvalue weighted by Crippen LogP contribution is 2.18. The number of anilines is 1. The lowest BCUT2D eigenvalue weighted by Gasteiger charge is -2.27. The summed E-state index contributed by atoms with van der Waals surface area (Å²) in [6.07, 6.45) is 6.85. The first-order chi connectivity index (χ1) is 10.3. The number of nitrogens with one attached hydrogen (secondary N) is 1. The van der Waals surface area contributed by atoms with E-state index in [2.05, 4.69) is 15.2 Å². The quantitative estimate of drug-likeness (QED) is 0.903. The fourth-order valence-electron chi connectivity index (χ4n) is 3.05. The van der Waals surface area contributed by atoms with Crippen LogP contribution in [-0.2, 0) is 0 Å². The van der Waals surface area contributed by atoms with Crippen LogP contribution in [0, 0.1) is 0 Å². The van der Waals surface area contributed by atoms with E-state index < -0.39 is 0 Å². The molecule has 2 saturated heterocycles. The Labute approximate surface area is 138 Å². The van der Waals surface area contributed by atoms with Crippen molar-refractivity contribution in [2.24, 2.45) is 0 Å². The third kappa shape index (κ3) is 4.11. The minimum Gasteiger partial charge on any atom is -0.357 e. The molecule has 6 heteroatoms. The minimum atomic E-state index is 0. The Bertz CT molecular complexity index is 466. The molecule has 1 amide bonds. The average Bonchev–Trinajstić information content (AvgIpc) is 2.84. The van der Waals surface area contributed by atoms with E-state index in [0.717, 1.165) is 45.1 Å². The van der Waals surface area contributed by atoms with Crippen molar-refractivity contribution < 1.29 is 4.79 Å². The molecule has 2 fully saturated rings. The fraction of sp³-hybridized carbons (Fsp3) is 0.625. The molecule has 0 aliphatic carbocycles. The van der Waals surface area contributed by atoms with Crippen LogP contribution < -0.4 is 10.2 Å². The molecule has 0 unspecified atom stereocenters. The number of pyridine rings is 1. The number of aromatic nitrogens is 1. The van der Waals surface area contributed by atoms with Crippen molar-refractivity contribution in [1.29, 1.82) is 0 Å². The number of carbonyl (C=O) groups is 1. The first-order valence-electron chi connectivity index (χ1n) is 8.05. The summed E-state index contributed by atoms with van der Waals surface area (Å²) in [5, 5.41) is 3.26. The molecule has 0 radical (unpaired) electrons. The maximum absolute atomic E-state index is 12.4. The largest absolute Gasteiger partial charge is 0.357 e. The van der Waals surface area contributed by atoms with Gasteiger partial charge in [-0.1, -0.05) is 12.8 Å². The van der Waals surface area contributed by atoms with E-state index in [-0.39, 0.29) is 18.3 Å². The second-order valence-electron chi connectivity index (χ2n) is 5.85. The minimum absolute atomic E-state index is 0. The zero-order valence-corrected chi connectivity index (χ0v) is 13.8. The zero-order valence-electron chi connectivity index (χ0n) is 13.0. The lowest BCUT2D eigenvalue weighted by Crippen LogP contribution is -2.46. The molecule has 0 bridgehead atoms. The van der Waals surface area contributed by atoms with E-state index in [9.17, 15) is 4.79 Å². The molecule has 1 aromatic heterocycles. The summed E-state index contributed by atoms with van der Waals surface area (Å²) < 4.78 is 0. The van der Waals surface area contributed by atoms with Gasteiger partial charge in [0, 0.05) is 45.5 Å². The summed E-state index contributed by atoms with van der Waals surface area (Å²) in [5.41, 5.74) is 0.704. The molecule has 5 nitrogen and oxygen atoms in total. The first-order valence-corrected chi connectivity index (χ1v) is 8.05. The topological polar surface area (TPSA) is 48.5 Å². The van der Waals surface area contributed by atoms with Crippen LogP contribution in [0.4, 0.5) is 5.82 Å². The highest BCUT2D eigenvalue weighted by Gasteiger charge is 2.18. The molecule has 1 N–H and O–H groups in total. The first kappa shape index (κ1) is 17.0. The standard InChI is InChI=1S/C16H24N4O.ClH/c21-16(20-11-7-17-8-12-20)14-5-6-15(18-13-14)19-9-3-1-2-4-10-19;/h5-6,13,17H,1-4,7-12H2;1H. The van der Waals surface area contributed by atoms with Crippen LogP contribution in [0.2, 0.25) is 0 Å². The number of hydrogen-bond donors (Lipinski definition) is 1. The number of halogens is 1. The molecular formula is C16H25ClN4O. The summed E-state index contributed by atoms with van der Waals surface area (Å²) in [6, 6.07) is 3.93. The second kappa shape index (κ2) is 8.34. The highest BCUT2D eigenvalue weighted by molar-refractivity contribution is 5.94. The van der Waals surface area contributed by atoms with Gasteiger partial charge < -0.3 is 15.1 Å². The van der Waals surface area contributed by atoms with Crippen molar-refractivity contribution in [1.82, 2.24) is 15.2 Å². The van der Waals surface area contributed by atoms with Gasteiger partial charge in [0.2, 0.25) is 0 Å². The Balaban J connectivity index is 0.00000176. The lowest BCUT2D eigenvalue weighted by molar-refractivity contribution is 0.0735. The van der Waals surface area contributed by atoms with Crippen LogP contribution in [-0.4, -0.2) is 55.1 Å². The molecule has 0 atom stereocenters. The average molecular weight is 325 g/mol. The molecule has 122 valence electrons. The summed E-state index contributed by atoms with van der Waals surface area (Å²) in [6.45, 7) is 5.49. The van der Waals surface area contributed by atoms with Crippen molar-refractivity contribution in [3.05, 3.63) is 23.9 Å². The Morgan fingerprint density at radius 2 is 1.68 bits per heavy atom. The Kier molecular flexibility index (Phi) is 6.46. The third-order valence-corrected chi connectivity index (χ3v) is 4.33. The molecule has 3 rings (SSSR count). The van der Waals surface area contributed by atoms with Crippen molar-refractivity contribution in [3.8, 4) is 0 Å². The fourth-order valence-corrected chi connectivity index (χ4v) is 3.05. The number of nitrogens with zero attached hydrogens (tertiary/aromatic N) is 3. The molecule has 0 spiro atoms. The Morgan fingerprint density at radius 3 is 2.27 bits per heavy atom. The van der Waals surface area contributed by atoms with Gasteiger partial charge in [0.1, 0.15) is 5.82 Å². The third-order valence-electron chi connectivity index (χ3n) is 4.33. The van der Waals surface area contributed by atoms with Gasteiger partial charge >= 0.3 is 0 Å².